The van der Waals surface area contributed by atoms with Crippen LogP contribution in [0.5, 0.6) is 0 Å². The van der Waals surface area contributed by atoms with Crippen LogP contribution in [0.1, 0.15) is 5.82 Å². The Kier molecular flexibility index (Phi) is 5.61. The van der Waals surface area contributed by atoms with Crippen LogP contribution in [0.4, 0.5) is 23.7 Å². The van der Waals surface area contributed by atoms with E-state index in [9.17, 15) is 18.0 Å². The molecule has 1 aliphatic rings. The molecule has 11 heteroatoms. The van der Waals surface area contributed by atoms with Gasteiger partial charge in [0.15, 0.2) is 17.5 Å². The second-order valence-corrected chi connectivity index (χ2v) is 6.78. The molecule has 0 bridgehead atoms. The second kappa shape index (κ2) is 8.49. The predicted molar refractivity (Wildman–Crippen MR) is 101 cm³/mol. The van der Waals surface area contributed by atoms with Crippen molar-refractivity contribution in [1.82, 2.24) is 30.0 Å². The van der Waals surface area contributed by atoms with Gasteiger partial charge in [0.1, 0.15) is 5.82 Å². The number of piperazine rings is 1. The van der Waals surface area contributed by atoms with Crippen LogP contribution < -0.4 is 5.32 Å². The van der Waals surface area contributed by atoms with Gasteiger partial charge in [-0.05, 0) is 34.7 Å². The lowest BCUT2D eigenvalue weighted by Crippen LogP contribution is -2.49. The Morgan fingerprint density at radius 2 is 1.73 bits per heavy atom. The highest BCUT2D eigenvalue weighted by Crippen LogP contribution is 2.16. The molecule has 156 valence electrons. The first-order valence-corrected chi connectivity index (χ1v) is 9.27. The summed E-state index contributed by atoms with van der Waals surface area (Å²) in [5.74, 6) is -1.96. The first-order chi connectivity index (χ1) is 14.5. The third kappa shape index (κ3) is 4.25. The number of aromatic nitrogens is 4. The average molecular weight is 417 g/mol. The van der Waals surface area contributed by atoms with Crippen LogP contribution in [0.15, 0.2) is 42.5 Å². The van der Waals surface area contributed by atoms with E-state index in [1.807, 2.05) is 4.90 Å². The fourth-order valence-electron chi connectivity index (χ4n) is 3.19. The Balaban J connectivity index is 1.36. The van der Waals surface area contributed by atoms with Crippen LogP contribution in [0, 0.1) is 17.5 Å². The van der Waals surface area contributed by atoms with E-state index in [2.05, 4.69) is 20.8 Å². The fraction of sp³-hybridized carbons (Fsp3) is 0.263. The summed E-state index contributed by atoms with van der Waals surface area (Å²) in [6.45, 7) is 2.35. The maximum absolute atomic E-state index is 13.7. The van der Waals surface area contributed by atoms with Gasteiger partial charge in [-0.25, -0.2) is 18.0 Å². The molecule has 2 amide bonds. The molecule has 0 spiro atoms. The third-order valence-electron chi connectivity index (χ3n) is 4.82. The summed E-state index contributed by atoms with van der Waals surface area (Å²) >= 11 is 0. The number of hydrogen-bond acceptors (Lipinski definition) is 5. The number of urea groups is 1. The van der Waals surface area contributed by atoms with Crippen LogP contribution >= 0.6 is 0 Å². The smallest absolute Gasteiger partial charge is 0.322 e. The number of benzene rings is 2. The molecule has 4 rings (SSSR count). The highest BCUT2D eigenvalue weighted by Gasteiger charge is 2.23. The van der Waals surface area contributed by atoms with Crippen LogP contribution in [0.25, 0.3) is 5.69 Å². The molecule has 1 aromatic heterocycles. The van der Waals surface area contributed by atoms with Crippen molar-refractivity contribution in [3.8, 4) is 5.69 Å². The van der Waals surface area contributed by atoms with Gasteiger partial charge in [0.2, 0.25) is 0 Å². The van der Waals surface area contributed by atoms with Crippen LogP contribution in [0.2, 0.25) is 0 Å². The summed E-state index contributed by atoms with van der Waals surface area (Å²) < 4.78 is 41.8. The number of hydrogen-bond donors (Lipinski definition) is 1. The van der Waals surface area contributed by atoms with Crippen LogP contribution in [-0.4, -0.2) is 62.2 Å². The molecule has 1 saturated heterocycles. The van der Waals surface area contributed by atoms with Crippen molar-refractivity contribution in [1.29, 1.82) is 0 Å². The normalized spacial score (nSPS) is 14.7. The molecule has 0 radical (unpaired) electrons. The highest BCUT2D eigenvalue weighted by molar-refractivity contribution is 5.89. The Hall–Kier alpha value is -3.47. The molecule has 2 aromatic carbocycles. The summed E-state index contributed by atoms with van der Waals surface area (Å²) in [4.78, 5) is 16.0. The Morgan fingerprint density at radius 1 is 0.967 bits per heavy atom. The van der Waals surface area contributed by atoms with Crippen molar-refractivity contribution in [2.24, 2.45) is 0 Å². The van der Waals surface area contributed by atoms with E-state index in [4.69, 9.17) is 0 Å². The first-order valence-electron chi connectivity index (χ1n) is 9.27. The molecule has 0 saturated carbocycles. The zero-order valence-electron chi connectivity index (χ0n) is 15.8. The molecule has 3 aromatic rings. The summed E-state index contributed by atoms with van der Waals surface area (Å²) in [7, 11) is 0. The quantitative estimate of drug-likeness (QED) is 0.706. The van der Waals surface area contributed by atoms with E-state index in [1.54, 1.807) is 17.0 Å². The molecule has 8 nitrogen and oxygen atoms in total. The third-order valence-corrected chi connectivity index (χ3v) is 4.82. The average Bonchev–Trinajstić information content (AvgIpc) is 3.20. The highest BCUT2D eigenvalue weighted by atomic mass is 19.2. The van der Waals surface area contributed by atoms with Gasteiger partial charge in [0.25, 0.3) is 0 Å². The fourth-order valence-corrected chi connectivity index (χ4v) is 3.19. The monoisotopic (exact) mass is 417 g/mol. The molecule has 30 heavy (non-hydrogen) atoms. The summed E-state index contributed by atoms with van der Waals surface area (Å²) in [6.07, 6.45) is 0. The van der Waals surface area contributed by atoms with E-state index in [1.165, 1.54) is 22.9 Å². The summed E-state index contributed by atoms with van der Waals surface area (Å²) in [6, 6.07) is 9.05. The van der Waals surface area contributed by atoms with Gasteiger partial charge in [-0.1, -0.05) is 12.1 Å². The molecule has 2 heterocycles. The lowest BCUT2D eigenvalue weighted by molar-refractivity contribution is 0.140. The van der Waals surface area contributed by atoms with Gasteiger partial charge in [-0.15, -0.1) is 5.10 Å². The van der Waals surface area contributed by atoms with E-state index in [-0.39, 0.29) is 11.7 Å². The zero-order valence-corrected chi connectivity index (χ0v) is 15.8. The van der Waals surface area contributed by atoms with Gasteiger partial charge in [-0.2, -0.15) is 4.68 Å². The number of carbonyl (C=O) groups excluding carboxylic acids is 1. The predicted octanol–water partition coefficient (Wildman–Crippen LogP) is 2.43. The Labute approximate surface area is 169 Å². The van der Waals surface area contributed by atoms with Gasteiger partial charge >= 0.3 is 6.03 Å². The molecule has 1 fully saturated rings. The van der Waals surface area contributed by atoms with Crippen molar-refractivity contribution in [2.75, 3.05) is 31.5 Å². The number of nitrogens with one attached hydrogen (secondary N) is 1. The number of carbonyl (C=O) groups is 1. The number of halogens is 3. The molecule has 0 aliphatic carbocycles. The maximum atomic E-state index is 13.7. The van der Waals surface area contributed by atoms with Crippen molar-refractivity contribution < 1.29 is 18.0 Å². The molecule has 1 N–H and O–H groups in total. The SMILES string of the molecule is O=C(Nc1ccccc1F)N1CCN(Cc2nnnn2-c2ccc(F)c(F)c2)CC1. The van der Waals surface area contributed by atoms with Gasteiger partial charge in [0.05, 0.1) is 17.9 Å². The molecular formula is C19H18F3N7O. The maximum Gasteiger partial charge on any atom is 0.322 e. The van der Waals surface area contributed by atoms with Crippen molar-refractivity contribution in [3.63, 3.8) is 0 Å². The summed E-state index contributed by atoms with van der Waals surface area (Å²) in [5.41, 5.74) is 0.451. The molecule has 1 aliphatic heterocycles. The summed E-state index contributed by atoms with van der Waals surface area (Å²) in [5, 5.41) is 14.0. The topological polar surface area (TPSA) is 79.2 Å². The lowest BCUT2D eigenvalue weighted by Gasteiger charge is -2.34. The molecule has 0 atom stereocenters. The number of nitrogens with zero attached hydrogens (tertiary/aromatic N) is 6. The number of tetrazole rings is 1. The Morgan fingerprint density at radius 3 is 2.47 bits per heavy atom. The largest absolute Gasteiger partial charge is 0.322 e. The zero-order chi connectivity index (χ0) is 21.1. The minimum atomic E-state index is -0.983. The van der Waals surface area contributed by atoms with E-state index in [0.29, 0.717) is 44.2 Å². The standard InChI is InChI=1S/C19H18F3N7O/c20-14-6-5-13(11-16(14)22)29-18(24-25-26-29)12-27-7-9-28(10-8-27)19(30)23-17-4-2-1-3-15(17)21/h1-6,11H,7-10,12H2,(H,23,30). The first kappa shape index (κ1) is 19.8. The van der Waals surface area contributed by atoms with Gasteiger partial charge in [-0.3, -0.25) is 4.90 Å². The number of para-hydroxylation sites is 1. The number of anilines is 1. The lowest BCUT2D eigenvalue weighted by atomic mass is 10.3. The van der Waals surface area contributed by atoms with Gasteiger partial charge in [0, 0.05) is 32.2 Å². The van der Waals surface area contributed by atoms with Crippen LogP contribution in [-0.2, 0) is 6.54 Å². The van der Waals surface area contributed by atoms with E-state index in [0.717, 1.165) is 12.1 Å². The van der Waals surface area contributed by atoms with Crippen molar-refractivity contribution >= 4 is 11.7 Å². The minimum Gasteiger partial charge on any atom is -0.322 e. The minimum absolute atomic E-state index is 0.135. The molecule has 0 unspecified atom stereocenters. The Bertz CT molecular complexity index is 1050. The number of amides is 2. The van der Waals surface area contributed by atoms with Crippen molar-refractivity contribution in [3.05, 3.63) is 65.7 Å². The van der Waals surface area contributed by atoms with E-state index < -0.39 is 17.5 Å². The van der Waals surface area contributed by atoms with Crippen molar-refractivity contribution in [2.45, 2.75) is 6.54 Å². The number of rotatable bonds is 4. The second-order valence-electron chi connectivity index (χ2n) is 6.78. The van der Waals surface area contributed by atoms with Gasteiger partial charge < -0.3 is 10.2 Å². The van der Waals surface area contributed by atoms with Crippen LogP contribution in [0.3, 0.4) is 0 Å². The molecular weight excluding hydrogens is 399 g/mol. The van der Waals surface area contributed by atoms with E-state index >= 15 is 0 Å².